The predicted molar refractivity (Wildman–Crippen MR) is 89.2 cm³/mol. The second-order valence-corrected chi connectivity index (χ2v) is 5.84. The minimum Gasteiger partial charge on any atom is -0.493 e. The number of nitrogens with two attached hydrogens (primary N) is 1. The molecule has 0 spiro atoms. The molecule has 3 rings (SSSR count). The summed E-state index contributed by atoms with van der Waals surface area (Å²) in [6, 6.07) is 10.6. The summed E-state index contributed by atoms with van der Waals surface area (Å²) in [5.74, 6) is 1.07. The number of nitrogens with zero attached hydrogens (tertiary/aromatic N) is 1. The van der Waals surface area contributed by atoms with Crippen molar-refractivity contribution >= 4 is 11.8 Å². The smallest absolute Gasteiger partial charge is 0.289 e. The van der Waals surface area contributed by atoms with E-state index < -0.39 is 0 Å². The van der Waals surface area contributed by atoms with Gasteiger partial charge in [0.05, 0.1) is 13.0 Å². The molecule has 2 heterocycles. The molecule has 1 fully saturated rings. The minimum absolute atomic E-state index is 0.178. The molecule has 2 aromatic rings. The summed E-state index contributed by atoms with van der Waals surface area (Å²) in [7, 11) is 1.57. The molecule has 1 aliphatic rings. The molecule has 0 bridgehead atoms. The van der Waals surface area contributed by atoms with Crippen LogP contribution in [0.1, 0.15) is 22.7 Å². The van der Waals surface area contributed by atoms with E-state index >= 15 is 0 Å². The second kappa shape index (κ2) is 7.29. The van der Waals surface area contributed by atoms with Crippen molar-refractivity contribution in [1.29, 1.82) is 0 Å². The molecule has 1 atom stereocenters. The lowest BCUT2D eigenvalue weighted by molar-refractivity contribution is -0.121. The first kappa shape index (κ1) is 16.9. The Morgan fingerprint density at radius 1 is 1.24 bits per heavy atom. The van der Waals surface area contributed by atoms with Crippen LogP contribution in [0.3, 0.4) is 0 Å². The van der Waals surface area contributed by atoms with Crippen molar-refractivity contribution in [2.45, 2.75) is 13.0 Å². The molecule has 7 nitrogen and oxygen atoms in total. The lowest BCUT2D eigenvalue weighted by atomic mass is 10.1. The lowest BCUT2D eigenvalue weighted by Crippen LogP contribution is -2.31. The van der Waals surface area contributed by atoms with Crippen LogP contribution in [0.2, 0.25) is 0 Å². The summed E-state index contributed by atoms with van der Waals surface area (Å²) in [5, 5.41) is 0. The third-order valence-electron chi connectivity index (χ3n) is 4.19. The third-order valence-corrected chi connectivity index (χ3v) is 4.19. The summed E-state index contributed by atoms with van der Waals surface area (Å²) >= 11 is 0. The van der Waals surface area contributed by atoms with Crippen LogP contribution in [0, 0.1) is 5.92 Å². The number of amides is 2. The molecule has 2 N–H and O–H groups in total. The van der Waals surface area contributed by atoms with Gasteiger partial charge in [-0.05, 0) is 30.7 Å². The maximum absolute atomic E-state index is 12.4. The highest BCUT2D eigenvalue weighted by Crippen LogP contribution is 2.27. The number of hydrogen-bond donors (Lipinski definition) is 1. The van der Waals surface area contributed by atoms with Crippen LogP contribution >= 0.6 is 0 Å². The largest absolute Gasteiger partial charge is 0.493 e. The molecule has 0 unspecified atom stereocenters. The fourth-order valence-electron chi connectivity index (χ4n) is 2.79. The molecule has 1 aliphatic heterocycles. The number of rotatable bonds is 6. The van der Waals surface area contributed by atoms with E-state index in [4.69, 9.17) is 19.6 Å². The highest BCUT2D eigenvalue weighted by molar-refractivity contribution is 5.92. The molecule has 25 heavy (non-hydrogen) atoms. The minimum atomic E-state index is -0.374. The molecular formula is C18H20N2O5. The maximum atomic E-state index is 12.4. The fraction of sp³-hybridized carbons (Fsp3) is 0.333. The van der Waals surface area contributed by atoms with E-state index in [9.17, 15) is 9.59 Å². The van der Waals surface area contributed by atoms with Gasteiger partial charge in [0.1, 0.15) is 12.4 Å². The van der Waals surface area contributed by atoms with Crippen LogP contribution in [0.15, 0.2) is 40.8 Å². The van der Waals surface area contributed by atoms with Crippen LogP contribution < -0.4 is 15.2 Å². The molecule has 132 valence electrons. The van der Waals surface area contributed by atoms with E-state index in [1.807, 2.05) is 12.1 Å². The fourth-order valence-corrected chi connectivity index (χ4v) is 2.79. The van der Waals surface area contributed by atoms with E-state index in [1.165, 1.54) is 0 Å². The summed E-state index contributed by atoms with van der Waals surface area (Å²) in [4.78, 5) is 25.2. The number of ether oxygens (including phenoxy) is 2. The molecule has 2 amide bonds. The predicted octanol–water partition coefficient (Wildman–Crippen LogP) is 1.81. The van der Waals surface area contributed by atoms with Gasteiger partial charge < -0.3 is 24.5 Å². The molecule has 0 saturated carbocycles. The van der Waals surface area contributed by atoms with E-state index in [1.54, 1.807) is 36.3 Å². The SMILES string of the molecule is COc1ccccc1OCc1ccc(C(=O)N2CC[C@@H](C(N)=O)C2)o1. The Hall–Kier alpha value is -2.96. The summed E-state index contributed by atoms with van der Waals surface area (Å²) in [6.07, 6.45) is 0.589. The van der Waals surface area contributed by atoms with Crippen molar-refractivity contribution in [3.8, 4) is 11.5 Å². The van der Waals surface area contributed by atoms with E-state index in [0.29, 0.717) is 36.8 Å². The molecular weight excluding hydrogens is 324 g/mol. The summed E-state index contributed by atoms with van der Waals surface area (Å²) < 4.78 is 16.5. The number of para-hydroxylation sites is 2. The number of furan rings is 1. The first-order chi connectivity index (χ1) is 12.1. The Morgan fingerprint density at radius 2 is 2.00 bits per heavy atom. The zero-order chi connectivity index (χ0) is 17.8. The van der Waals surface area contributed by atoms with Gasteiger partial charge in [-0.25, -0.2) is 0 Å². The number of carbonyl (C=O) groups excluding carboxylic acids is 2. The second-order valence-electron chi connectivity index (χ2n) is 5.84. The maximum Gasteiger partial charge on any atom is 0.289 e. The van der Waals surface area contributed by atoms with Crippen LogP contribution in [0.5, 0.6) is 11.5 Å². The topological polar surface area (TPSA) is 95.0 Å². The summed E-state index contributed by atoms with van der Waals surface area (Å²) in [6.45, 7) is 1.01. The Balaban J connectivity index is 1.61. The van der Waals surface area contributed by atoms with E-state index in [-0.39, 0.29) is 30.1 Å². The Kier molecular flexibility index (Phi) is 4.92. The Bertz CT molecular complexity index is 770. The number of carbonyl (C=O) groups is 2. The van der Waals surface area contributed by atoms with Crippen molar-refractivity contribution in [3.05, 3.63) is 47.9 Å². The van der Waals surface area contributed by atoms with Crippen molar-refractivity contribution in [1.82, 2.24) is 4.90 Å². The zero-order valence-corrected chi connectivity index (χ0v) is 13.9. The van der Waals surface area contributed by atoms with E-state index in [0.717, 1.165) is 0 Å². The monoisotopic (exact) mass is 344 g/mol. The number of hydrogen-bond acceptors (Lipinski definition) is 5. The van der Waals surface area contributed by atoms with Gasteiger partial charge in [0.25, 0.3) is 5.91 Å². The summed E-state index contributed by atoms with van der Waals surface area (Å²) in [5.41, 5.74) is 5.29. The standard InChI is InChI=1S/C18H20N2O5/c1-23-14-4-2-3-5-15(14)24-11-13-6-7-16(25-13)18(22)20-9-8-12(10-20)17(19)21/h2-7,12H,8-11H2,1H3,(H2,19,21)/t12-/m1/s1. The van der Waals surface area contributed by atoms with Gasteiger partial charge in [-0.3, -0.25) is 9.59 Å². The molecule has 1 saturated heterocycles. The Labute approximate surface area is 145 Å². The number of likely N-dealkylation sites (tertiary alicyclic amines) is 1. The molecule has 0 radical (unpaired) electrons. The van der Waals surface area contributed by atoms with Crippen LogP contribution in [0.4, 0.5) is 0 Å². The van der Waals surface area contributed by atoms with Crippen molar-refractivity contribution in [2.24, 2.45) is 11.7 Å². The van der Waals surface area contributed by atoms with Crippen LogP contribution in [0.25, 0.3) is 0 Å². The van der Waals surface area contributed by atoms with Gasteiger partial charge in [0.15, 0.2) is 17.3 Å². The molecule has 0 aliphatic carbocycles. The molecule has 1 aromatic heterocycles. The van der Waals surface area contributed by atoms with Gasteiger partial charge in [-0.1, -0.05) is 12.1 Å². The quantitative estimate of drug-likeness (QED) is 0.862. The van der Waals surface area contributed by atoms with E-state index in [2.05, 4.69) is 0 Å². The van der Waals surface area contributed by atoms with Crippen molar-refractivity contribution in [3.63, 3.8) is 0 Å². The highest BCUT2D eigenvalue weighted by atomic mass is 16.5. The average molecular weight is 344 g/mol. The number of benzene rings is 1. The van der Waals surface area contributed by atoms with Crippen LogP contribution in [-0.2, 0) is 11.4 Å². The zero-order valence-electron chi connectivity index (χ0n) is 13.9. The first-order valence-electron chi connectivity index (χ1n) is 8.01. The number of methoxy groups -OCH3 is 1. The average Bonchev–Trinajstić information content (AvgIpc) is 3.29. The highest BCUT2D eigenvalue weighted by Gasteiger charge is 2.31. The van der Waals surface area contributed by atoms with Gasteiger partial charge >= 0.3 is 0 Å². The Morgan fingerprint density at radius 3 is 2.68 bits per heavy atom. The van der Waals surface area contributed by atoms with Crippen molar-refractivity contribution < 1.29 is 23.5 Å². The van der Waals surface area contributed by atoms with Gasteiger partial charge in [0, 0.05) is 13.1 Å². The molecule has 1 aromatic carbocycles. The lowest BCUT2D eigenvalue weighted by Gasteiger charge is -2.14. The van der Waals surface area contributed by atoms with Gasteiger partial charge in [-0.15, -0.1) is 0 Å². The first-order valence-corrected chi connectivity index (χ1v) is 8.01. The molecule has 7 heteroatoms. The van der Waals surface area contributed by atoms with Crippen LogP contribution in [-0.4, -0.2) is 36.9 Å². The van der Waals surface area contributed by atoms with Gasteiger partial charge in [0.2, 0.25) is 5.91 Å². The number of primary amides is 1. The normalized spacial score (nSPS) is 16.7. The van der Waals surface area contributed by atoms with Gasteiger partial charge in [-0.2, -0.15) is 0 Å². The van der Waals surface area contributed by atoms with Crippen molar-refractivity contribution in [2.75, 3.05) is 20.2 Å². The third kappa shape index (κ3) is 3.76.